The van der Waals surface area contributed by atoms with Crippen LogP contribution in [0.1, 0.15) is 23.0 Å². The van der Waals surface area contributed by atoms with Crippen LogP contribution >= 0.6 is 11.3 Å². The van der Waals surface area contributed by atoms with Gasteiger partial charge in [-0.25, -0.2) is 4.79 Å². The normalized spacial score (nSPS) is 10.4. The van der Waals surface area contributed by atoms with Gasteiger partial charge in [-0.2, -0.15) is 0 Å². The van der Waals surface area contributed by atoms with Crippen molar-refractivity contribution in [3.8, 4) is 0 Å². The number of amides is 2. The molecule has 0 aliphatic heterocycles. The van der Waals surface area contributed by atoms with E-state index in [0.29, 0.717) is 17.1 Å². The summed E-state index contributed by atoms with van der Waals surface area (Å²) in [5, 5.41) is 7.09. The Morgan fingerprint density at radius 1 is 1.27 bits per heavy atom. The minimum atomic E-state index is -0.488. The van der Waals surface area contributed by atoms with Gasteiger partial charge in [0.1, 0.15) is 4.88 Å². The molecule has 0 aromatic carbocycles. The highest BCUT2D eigenvalue weighted by molar-refractivity contribution is 7.12. The second kappa shape index (κ2) is 9.16. The van der Waals surface area contributed by atoms with Gasteiger partial charge in [0.25, 0.3) is 0 Å². The molecule has 0 spiro atoms. The smallest absolute Gasteiger partial charge is 0.350 e. The number of carbonyl (C=O) groups is 3. The van der Waals surface area contributed by atoms with E-state index in [0.717, 1.165) is 6.42 Å². The standard InChI is InChI=1S/C14H21N3O4S/c1-4-6-15-11(18)8-17(2)9-12(19)16-10-5-7-22-13(10)14(20)21-3/h5,7H,4,6,8-9H2,1-3H3,(H,15,18)(H,16,19). The summed E-state index contributed by atoms with van der Waals surface area (Å²) in [4.78, 5) is 37.0. The highest BCUT2D eigenvalue weighted by Crippen LogP contribution is 2.22. The molecule has 1 aromatic heterocycles. The third-order valence-electron chi connectivity index (χ3n) is 2.71. The van der Waals surface area contributed by atoms with Crippen LogP contribution in [0.4, 0.5) is 5.69 Å². The summed E-state index contributed by atoms with van der Waals surface area (Å²) in [5.41, 5.74) is 0.422. The van der Waals surface area contributed by atoms with Crippen LogP contribution in [0.15, 0.2) is 11.4 Å². The molecule has 122 valence electrons. The number of nitrogens with one attached hydrogen (secondary N) is 2. The summed E-state index contributed by atoms with van der Waals surface area (Å²) in [6.07, 6.45) is 0.865. The van der Waals surface area contributed by atoms with Gasteiger partial charge >= 0.3 is 5.97 Å². The average molecular weight is 327 g/mol. The topological polar surface area (TPSA) is 87.7 Å². The minimum absolute atomic E-state index is 0.0516. The molecule has 0 fully saturated rings. The molecule has 0 unspecified atom stereocenters. The van der Waals surface area contributed by atoms with Crippen molar-refractivity contribution in [2.45, 2.75) is 13.3 Å². The van der Waals surface area contributed by atoms with Gasteiger partial charge in [-0.15, -0.1) is 11.3 Å². The summed E-state index contributed by atoms with van der Waals surface area (Å²) in [7, 11) is 2.97. The molecule has 2 N–H and O–H groups in total. The summed E-state index contributed by atoms with van der Waals surface area (Å²) in [6.45, 7) is 2.78. The van der Waals surface area contributed by atoms with Crippen molar-refractivity contribution in [3.05, 3.63) is 16.3 Å². The van der Waals surface area contributed by atoms with E-state index in [1.165, 1.54) is 18.4 Å². The van der Waals surface area contributed by atoms with Gasteiger partial charge in [0.05, 0.1) is 25.9 Å². The lowest BCUT2D eigenvalue weighted by Gasteiger charge is -2.15. The van der Waals surface area contributed by atoms with E-state index >= 15 is 0 Å². The first-order chi connectivity index (χ1) is 10.5. The minimum Gasteiger partial charge on any atom is -0.465 e. The Labute approximate surface area is 133 Å². The quantitative estimate of drug-likeness (QED) is 0.694. The molecule has 8 heteroatoms. The average Bonchev–Trinajstić information content (AvgIpc) is 2.91. The number of methoxy groups -OCH3 is 1. The number of anilines is 1. The number of rotatable bonds is 8. The van der Waals surface area contributed by atoms with Gasteiger partial charge in [0.2, 0.25) is 11.8 Å². The Morgan fingerprint density at radius 3 is 2.59 bits per heavy atom. The van der Waals surface area contributed by atoms with Crippen molar-refractivity contribution in [1.29, 1.82) is 0 Å². The molecule has 0 saturated carbocycles. The van der Waals surface area contributed by atoms with Crippen LogP contribution in [0.5, 0.6) is 0 Å². The van der Waals surface area contributed by atoms with E-state index in [4.69, 9.17) is 0 Å². The zero-order chi connectivity index (χ0) is 16.5. The van der Waals surface area contributed by atoms with E-state index in [9.17, 15) is 14.4 Å². The van der Waals surface area contributed by atoms with Crippen LogP contribution in [0.2, 0.25) is 0 Å². The maximum absolute atomic E-state index is 11.9. The molecule has 0 aliphatic carbocycles. The van der Waals surface area contributed by atoms with Crippen LogP contribution in [0.3, 0.4) is 0 Å². The molecule has 0 aliphatic rings. The fourth-order valence-electron chi connectivity index (χ4n) is 1.71. The molecular weight excluding hydrogens is 306 g/mol. The molecule has 0 radical (unpaired) electrons. The summed E-state index contributed by atoms with van der Waals surface area (Å²) >= 11 is 1.20. The maximum Gasteiger partial charge on any atom is 0.350 e. The molecule has 0 bridgehead atoms. The van der Waals surface area contributed by atoms with E-state index in [-0.39, 0.29) is 24.9 Å². The predicted molar refractivity (Wildman–Crippen MR) is 85.1 cm³/mol. The largest absolute Gasteiger partial charge is 0.465 e. The van der Waals surface area contributed by atoms with Gasteiger partial charge in [-0.1, -0.05) is 6.92 Å². The molecule has 0 atom stereocenters. The maximum atomic E-state index is 11.9. The first kappa shape index (κ1) is 18.1. The van der Waals surface area contributed by atoms with Gasteiger partial charge in [-0.05, 0) is 24.9 Å². The molecule has 2 amide bonds. The van der Waals surface area contributed by atoms with Crippen molar-refractivity contribution in [3.63, 3.8) is 0 Å². The lowest BCUT2D eigenvalue weighted by Crippen LogP contribution is -2.39. The second-order valence-corrected chi connectivity index (χ2v) is 5.64. The lowest BCUT2D eigenvalue weighted by atomic mass is 10.3. The van der Waals surface area contributed by atoms with Crippen LogP contribution < -0.4 is 10.6 Å². The van der Waals surface area contributed by atoms with E-state index in [2.05, 4.69) is 15.4 Å². The Balaban J connectivity index is 2.48. The van der Waals surface area contributed by atoms with Crippen LogP contribution in [0.25, 0.3) is 0 Å². The number of thiophene rings is 1. The van der Waals surface area contributed by atoms with E-state index < -0.39 is 5.97 Å². The molecular formula is C14H21N3O4S. The lowest BCUT2D eigenvalue weighted by molar-refractivity contribution is -0.122. The van der Waals surface area contributed by atoms with Gasteiger partial charge in [0.15, 0.2) is 0 Å². The predicted octanol–water partition coefficient (Wildman–Crippen LogP) is 0.931. The number of ether oxygens (including phenoxy) is 1. The van der Waals surface area contributed by atoms with Crippen molar-refractivity contribution >= 4 is 34.8 Å². The number of carbonyl (C=O) groups excluding carboxylic acids is 3. The molecule has 1 rings (SSSR count). The monoisotopic (exact) mass is 327 g/mol. The fourth-order valence-corrected chi connectivity index (χ4v) is 2.48. The van der Waals surface area contributed by atoms with Crippen LogP contribution in [-0.2, 0) is 14.3 Å². The number of nitrogens with zero attached hydrogens (tertiary/aromatic N) is 1. The van der Waals surface area contributed by atoms with Crippen molar-refractivity contribution < 1.29 is 19.1 Å². The Morgan fingerprint density at radius 2 is 1.95 bits per heavy atom. The summed E-state index contributed by atoms with van der Waals surface area (Å²) in [6, 6.07) is 1.64. The second-order valence-electron chi connectivity index (χ2n) is 4.73. The molecule has 22 heavy (non-hydrogen) atoms. The Bertz CT molecular complexity index is 530. The summed E-state index contributed by atoms with van der Waals surface area (Å²) < 4.78 is 4.64. The first-order valence-corrected chi connectivity index (χ1v) is 7.76. The summed E-state index contributed by atoms with van der Waals surface area (Å²) in [5.74, 6) is -0.908. The van der Waals surface area contributed by atoms with Crippen LogP contribution in [-0.4, -0.2) is 56.5 Å². The van der Waals surface area contributed by atoms with Gasteiger partial charge in [0, 0.05) is 6.54 Å². The van der Waals surface area contributed by atoms with Crippen molar-refractivity contribution in [2.75, 3.05) is 39.1 Å². The van der Waals surface area contributed by atoms with Crippen molar-refractivity contribution in [2.24, 2.45) is 0 Å². The first-order valence-electron chi connectivity index (χ1n) is 6.88. The number of hydrogen-bond donors (Lipinski definition) is 2. The highest BCUT2D eigenvalue weighted by atomic mass is 32.1. The third-order valence-corrected chi connectivity index (χ3v) is 3.60. The van der Waals surface area contributed by atoms with Crippen molar-refractivity contribution in [1.82, 2.24) is 10.2 Å². The Kier molecular flexibility index (Phi) is 7.55. The number of esters is 1. The van der Waals surface area contributed by atoms with Gasteiger partial charge in [-0.3, -0.25) is 14.5 Å². The van der Waals surface area contributed by atoms with E-state index in [1.807, 2.05) is 6.92 Å². The van der Waals surface area contributed by atoms with E-state index in [1.54, 1.807) is 23.4 Å². The molecule has 1 aromatic rings. The highest BCUT2D eigenvalue weighted by Gasteiger charge is 2.16. The van der Waals surface area contributed by atoms with Gasteiger partial charge < -0.3 is 15.4 Å². The molecule has 0 saturated heterocycles. The SMILES string of the molecule is CCCNC(=O)CN(C)CC(=O)Nc1ccsc1C(=O)OC. The van der Waals surface area contributed by atoms with Crippen LogP contribution in [0, 0.1) is 0 Å². The zero-order valence-corrected chi connectivity index (χ0v) is 13.8. The molecule has 1 heterocycles. The molecule has 7 nitrogen and oxygen atoms in total. The number of hydrogen-bond acceptors (Lipinski definition) is 6. The number of likely N-dealkylation sites (N-methyl/N-ethyl adjacent to an activating group) is 1. The third kappa shape index (κ3) is 5.82. The Hall–Kier alpha value is -1.93. The zero-order valence-electron chi connectivity index (χ0n) is 13.0. The fraction of sp³-hybridized carbons (Fsp3) is 0.500.